The minimum Gasteiger partial charge on any atom is -1.00 e. The normalized spacial score (nSPS) is 8.55. The van der Waals surface area contributed by atoms with E-state index in [1.807, 2.05) is 0 Å². The Balaban J connectivity index is -0.000000405. The van der Waals surface area contributed by atoms with Crippen LogP contribution < -0.4 is 45.9 Å². The van der Waals surface area contributed by atoms with Crippen molar-refractivity contribution in [2.24, 2.45) is 5.73 Å². The van der Waals surface area contributed by atoms with E-state index in [0.29, 0.717) is 10.9 Å². The van der Waals surface area contributed by atoms with Gasteiger partial charge in [-0.15, -0.1) is 12.6 Å². The third-order valence-electron chi connectivity index (χ3n) is 0.899. The van der Waals surface area contributed by atoms with Gasteiger partial charge in [0, 0.05) is 26.2 Å². The van der Waals surface area contributed by atoms with Gasteiger partial charge in [-0.05, 0) is 0 Å². The summed E-state index contributed by atoms with van der Waals surface area (Å²) in [6, 6.07) is 0. The fourth-order valence-electron chi connectivity index (χ4n) is 0.485. The molecule has 0 saturated carbocycles. The van der Waals surface area contributed by atoms with Gasteiger partial charge < -0.3 is 17.8 Å². The van der Waals surface area contributed by atoms with Crippen molar-refractivity contribution in [1.29, 1.82) is 0 Å². The molecule has 0 unspecified atom stereocenters. The average Bonchev–Trinajstić information content (AvgIpc) is 1.87. The van der Waals surface area contributed by atoms with E-state index in [9.17, 15) is 0 Å². The molecular formula is C5H14N3NaS2. The molecule has 0 heterocycles. The molecule has 0 aliphatic heterocycles. The molecule has 0 aromatic carbocycles. The van der Waals surface area contributed by atoms with Crippen LogP contribution in [0.25, 0.3) is 0 Å². The Morgan fingerprint density at radius 3 is 2.55 bits per heavy atom. The first-order chi connectivity index (χ1) is 4.77. The van der Waals surface area contributed by atoms with Crippen molar-refractivity contribution in [3.63, 3.8) is 0 Å². The van der Waals surface area contributed by atoms with Crippen molar-refractivity contribution in [2.75, 3.05) is 26.2 Å². The first kappa shape index (κ1) is 14.7. The Kier molecular flexibility index (Phi) is 14.9. The molecule has 0 aliphatic rings. The molecule has 0 aromatic rings. The summed E-state index contributed by atoms with van der Waals surface area (Å²) in [5.41, 5.74) is 5.25. The predicted molar refractivity (Wildman–Crippen MR) is 52.6 cm³/mol. The van der Waals surface area contributed by atoms with E-state index >= 15 is 0 Å². The molecule has 0 fully saturated rings. The number of thiol groups is 1. The summed E-state index contributed by atoms with van der Waals surface area (Å²) in [7, 11) is 0. The van der Waals surface area contributed by atoms with Gasteiger partial charge in [0.1, 0.15) is 4.32 Å². The van der Waals surface area contributed by atoms with E-state index in [4.69, 9.17) is 5.73 Å². The van der Waals surface area contributed by atoms with Gasteiger partial charge >= 0.3 is 29.6 Å². The predicted octanol–water partition coefficient (Wildman–Crippen LogP) is -3.54. The van der Waals surface area contributed by atoms with Crippen molar-refractivity contribution in [3.8, 4) is 0 Å². The number of hydrogen-bond donors (Lipinski definition) is 4. The third-order valence-corrected chi connectivity index (χ3v) is 1.20. The number of hydrogen-bond acceptors (Lipinski definition) is 3. The summed E-state index contributed by atoms with van der Waals surface area (Å²) < 4.78 is 0.537. The first-order valence-electron chi connectivity index (χ1n) is 3.15. The fourth-order valence-corrected chi connectivity index (χ4v) is 0.699. The molecular weight excluding hydrogens is 189 g/mol. The zero-order valence-electron chi connectivity index (χ0n) is 7.76. The standard InChI is InChI=1S/C5H13N3S2.Na.H/c6-1-2-7-3-4-8-5(9)10;;/h7H,1-4,6H2,(H2,8,9,10);;/q;+1;-1. The van der Waals surface area contributed by atoms with Crippen LogP contribution >= 0.6 is 24.8 Å². The molecule has 0 aromatic heterocycles. The van der Waals surface area contributed by atoms with Crippen LogP contribution in [0.5, 0.6) is 0 Å². The minimum absolute atomic E-state index is 0. The van der Waals surface area contributed by atoms with Crippen molar-refractivity contribution in [2.45, 2.75) is 0 Å². The van der Waals surface area contributed by atoms with Crippen LogP contribution in [-0.4, -0.2) is 30.5 Å². The van der Waals surface area contributed by atoms with Crippen molar-refractivity contribution in [3.05, 3.63) is 0 Å². The van der Waals surface area contributed by atoms with E-state index in [1.165, 1.54) is 0 Å². The van der Waals surface area contributed by atoms with Crippen LogP contribution in [0, 0.1) is 0 Å². The topological polar surface area (TPSA) is 50.1 Å². The van der Waals surface area contributed by atoms with Crippen LogP contribution in [0.15, 0.2) is 0 Å². The molecule has 0 atom stereocenters. The molecule has 0 saturated heterocycles. The summed E-state index contributed by atoms with van der Waals surface area (Å²) in [5, 5.41) is 6.01. The van der Waals surface area contributed by atoms with Crippen LogP contribution in [-0.2, 0) is 0 Å². The molecule has 11 heavy (non-hydrogen) atoms. The number of nitrogens with two attached hydrogens (primary N) is 1. The summed E-state index contributed by atoms with van der Waals surface area (Å²) in [6.07, 6.45) is 0. The van der Waals surface area contributed by atoms with E-state index < -0.39 is 0 Å². The van der Waals surface area contributed by atoms with Gasteiger partial charge in [0.05, 0.1) is 0 Å². The van der Waals surface area contributed by atoms with Gasteiger partial charge in [0.15, 0.2) is 0 Å². The Bertz CT molecular complexity index is 107. The van der Waals surface area contributed by atoms with Crippen LogP contribution in [0.4, 0.5) is 0 Å². The molecule has 4 N–H and O–H groups in total. The maximum Gasteiger partial charge on any atom is 1.00 e. The van der Waals surface area contributed by atoms with Crippen LogP contribution in [0.2, 0.25) is 0 Å². The second-order valence-corrected chi connectivity index (χ2v) is 2.93. The van der Waals surface area contributed by atoms with Crippen LogP contribution in [0.3, 0.4) is 0 Å². The molecule has 0 amide bonds. The Hall–Kier alpha value is 1.16. The second-order valence-electron chi connectivity index (χ2n) is 1.77. The quantitative estimate of drug-likeness (QED) is 0.162. The monoisotopic (exact) mass is 203 g/mol. The molecule has 0 bridgehead atoms. The smallest absolute Gasteiger partial charge is 1.00 e. The van der Waals surface area contributed by atoms with E-state index in [1.54, 1.807) is 0 Å². The molecule has 0 aliphatic carbocycles. The maximum absolute atomic E-state index is 5.25. The maximum atomic E-state index is 5.25. The van der Waals surface area contributed by atoms with Crippen molar-refractivity contribution < 1.29 is 31.0 Å². The van der Waals surface area contributed by atoms with Gasteiger partial charge in [-0.2, -0.15) is 0 Å². The summed E-state index contributed by atoms with van der Waals surface area (Å²) in [6.45, 7) is 3.20. The average molecular weight is 203 g/mol. The van der Waals surface area contributed by atoms with Gasteiger partial charge in [0.2, 0.25) is 0 Å². The summed E-state index contributed by atoms with van der Waals surface area (Å²) in [5.74, 6) is 0. The largest absolute Gasteiger partial charge is 1.00 e. The number of rotatable bonds is 5. The zero-order valence-corrected chi connectivity index (χ0v) is 10.5. The number of nitrogens with one attached hydrogen (secondary N) is 2. The van der Waals surface area contributed by atoms with Crippen molar-refractivity contribution >= 4 is 29.2 Å². The molecule has 0 rings (SSSR count). The molecule has 0 spiro atoms. The third kappa shape index (κ3) is 14.1. The van der Waals surface area contributed by atoms with Gasteiger partial charge in [-0.3, -0.25) is 0 Å². The summed E-state index contributed by atoms with van der Waals surface area (Å²) >= 11 is 8.57. The molecule has 0 radical (unpaired) electrons. The van der Waals surface area contributed by atoms with Gasteiger partial charge in [0.25, 0.3) is 0 Å². The Morgan fingerprint density at radius 2 is 2.09 bits per heavy atom. The molecule has 62 valence electrons. The second kappa shape index (κ2) is 11.2. The van der Waals surface area contributed by atoms with E-state index in [2.05, 4.69) is 35.5 Å². The van der Waals surface area contributed by atoms with E-state index in [0.717, 1.165) is 19.6 Å². The SMILES string of the molecule is NCCNCCNC(=S)S.[H-].[Na+]. The Labute approximate surface area is 102 Å². The zero-order chi connectivity index (χ0) is 7.82. The van der Waals surface area contributed by atoms with Gasteiger partial charge in [-0.1, -0.05) is 12.2 Å². The first-order valence-corrected chi connectivity index (χ1v) is 4.00. The number of thiocarbonyl (C=S) groups is 1. The van der Waals surface area contributed by atoms with Gasteiger partial charge in [-0.25, -0.2) is 0 Å². The van der Waals surface area contributed by atoms with Crippen molar-refractivity contribution in [1.82, 2.24) is 10.6 Å². The van der Waals surface area contributed by atoms with Crippen LogP contribution in [0.1, 0.15) is 1.43 Å². The Morgan fingerprint density at radius 1 is 1.45 bits per heavy atom. The van der Waals surface area contributed by atoms with E-state index in [-0.39, 0.29) is 31.0 Å². The molecule has 6 heteroatoms. The fraction of sp³-hybridized carbons (Fsp3) is 0.800. The minimum atomic E-state index is 0. The summed E-state index contributed by atoms with van der Waals surface area (Å²) in [4.78, 5) is 0. The molecule has 3 nitrogen and oxygen atoms in total.